The number of nitrogens with zero attached hydrogens (tertiary/aromatic N) is 1. The molecule has 0 fully saturated rings. The van der Waals surface area contributed by atoms with Crippen molar-refractivity contribution in [1.82, 2.24) is 4.98 Å². The first-order chi connectivity index (χ1) is 13.5. The Balaban J connectivity index is 1.76. The number of anilines is 1. The van der Waals surface area contributed by atoms with Crippen molar-refractivity contribution < 1.29 is 14.3 Å². The smallest absolute Gasteiger partial charge is 0.257 e. The van der Waals surface area contributed by atoms with Gasteiger partial charge >= 0.3 is 0 Å². The molecule has 0 spiro atoms. The van der Waals surface area contributed by atoms with Gasteiger partial charge in [-0.3, -0.25) is 9.78 Å². The highest BCUT2D eigenvalue weighted by atomic mass is 16.5. The van der Waals surface area contributed by atoms with Gasteiger partial charge in [-0.25, -0.2) is 0 Å². The summed E-state index contributed by atoms with van der Waals surface area (Å²) in [5.41, 5.74) is 2.89. The summed E-state index contributed by atoms with van der Waals surface area (Å²) in [6.45, 7) is 6.01. The fourth-order valence-corrected chi connectivity index (χ4v) is 2.81. The number of hydrogen-bond donors (Lipinski definition) is 1. The summed E-state index contributed by atoms with van der Waals surface area (Å²) in [5, 5.41) is 2.91. The Morgan fingerprint density at radius 2 is 1.75 bits per heavy atom. The number of pyridine rings is 1. The topological polar surface area (TPSA) is 60.5 Å². The van der Waals surface area contributed by atoms with Crippen LogP contribution < -0.4 is 14.8 Å². The van der Waals surface area contributed by atoms with Crippen molar-refractivity contribution >= 4 is 11.6 Å². The lowest BCUT2D eigenvalue weighted by Crippen LogP contribution is -2.14. The Morgan fingerprint density at radius 3 is 2.43 bits per heavy atom. The van der Waals surface area contributed by atoms with Crippen molar-refractivity contribution in [3.05, 3.63) is 77.6 Å². The van der Waals surface area contributed by atoms with Crippen LogP contribution in [-0.2, 0) is 0 Å². The third-order valence-corrected chi connectivity index (χ3v) is 4.33. The average molecular weight is 376 g/mol. The van der Waals surface area contributed by atoms with Crippen molar-refractivity contribution in [2.75, 3.05) is 12.4 Å². The predicted molar refractivity (Wildman–Crippen MR) is 111 cm³/mol. The largest absolute Gasteiger partial charge is 0.493 e. The van der Waals surface area contributed by atoms with Gasteiger partial charge in [0.1, 0.15) is 5.75 Å². The molecule has 0 saturated carbocycles. The zero-order valence-corrected chi connectivity index (χ0v) is 16.5. The number of benzene rings is 2. The fourth-order valence-electron chi connectivity index (χ4n) is 2.81. The number of ether oxygens (including phenoxy) is 2. The molecule has 3 aromatic rings. The van der Waals surface area contributed by atoms with Crippen LogP contribution in [-0.4, -0.2) is 18.0 Å². The molecule has 1 amide bonds. The number of carbonyl (C=O) groups is 1. The summed E-state index contributed by atoms with van der Waals surface area (Å²) in [6.07, 6.45) is 0. The van der Waals surface area contributed by atoms with Crippen LogP contribution in [0.2, 0.25) is 0 Å². The fraction of sp³-hybridized carbons (Fsp3) is 0.217. The van der Waals surface area contributed by atoms with Crippen LogP contribution in [0.5, 0.6) is 17.2 Å². The number of aryl methyl sites for hydroxylation is 1. The lowest BCUT2D eigenvalue weighted by Gasteiger charge is -2.12. The molecule has 2 aromatic carbocycles. The van der Waals surface area contributed by atoms with Crippen molar-refractivity contribution in [2.24, 2.45) is 0 Å². The van der Waals surface area contributed by atoms with E-state index in [0.717, 1.165) is 5.69 Å². The van der Waals surface area contributed by atoms with E-state index < -0.39 is 0 Å². The van der Waals surface area contributed by atoms with Crippen LogP contribution in [0, 0.1) is 6.92 Å². The summed E-state index contributed by atoms with van der Waals surface area (Å²) in [7, 11) is 1.60. The summed E-state index contributed by atoms with van der Waals surface area (Å²) in [6, 6.07) is 18.4. The quantitative estimate of drug-likeness (QED) is 0.611. The number of para-hydroxylation sites is 2. The van der Waals surface area contributed by atoms with Gasteiger partial charge in [0, 0.05) is 17.4 Å². The van der Waals surface area contributed by atoms with Gasteiger partial charge in [-0.05, 0) is 49.2 Å². The Morgan fingerprint density at radius 1 is 1.00 bits per heavy atom. The summed E-state index contributed by atoms with van der Waals surface area (Å²) >= 11 is 0. The van der Waals surface area contributed by atoms with E-state index in [1.165, 1.54) is 0 Å². The molecule has 144 valence electrons. The molecule has 28 heavy (non-hydrogen) atoms. The summed E-state index contributed by atoms with van der Waals surface area (Å²) in [5.74, 6) is 1.98. The van der Waals surface area contributed by atoms with Gasteiger partial charge in [0.15, 0.2) is 11.5 Å². The molecule has 5 nitrogen and oxygen atoms in total. The Hall–Kier alpha value is -3.34. The predicted octanol–water partition coefficient (Wildman–Crippen LogP) is 5.57. The Bertz CT molecular complexity index is 983. The SMILES string of the molecule is COc1ccccc1Oc1cccc(NC(=O)c2ccc(C(C)C)nc2C)c1. The van der Waals surface area contributed by atoms with Crippen LogP contribution in [0.1, 0.15) is 41.5 Å². The second-order valence-electron chi connectivity index (χ2n) is 6.76. The van der Waals surface area contributed by atoms with Gasteiger partial charge in [0.05, 0.1) is 18.4 Å². The Kier molecular flexibility index (Phi) is 5.94. The van der Waals surface area contributed by atoms with E-state index in [9.17, 15) is 4.79 Å². The van der Waals surface area contributed by atoms with E-state index in [0.29, 0.717) is 40.1 Å². The molecule has 1 heterocycles. The average Bonchev–Trinajstić information content (AvgIpc) is 2.68. The normalized spacial score (nSPS) is 10.6. The van der Waals surface area contributed by atoms with E-state index in [1.807, 2.05) is 61.5 Å². The molecule has 0 aliphatic rings. The number of methoxy groups -OCH3 is 1. The molecule has 0 aliphatic heterocycles. The molecule has 0 atom stereocenters. The first-order valence-electron chi connectivity index (χ1n) is 9.17. The van der Waals surface area contributed by atoms with Crippen LogP contribution in [0.4, 0.5) is 5.69 Å². The molecule has 3 rings (SSSR count). The van der Waals surface area contributed by atoms with Crippen LogP contribution in [0.15, 0.2) is 60.7 Å². The van der Waals surface area contributed by atoms with Gasteiger partial charge in [-0.15, -0.1) is 0 Å². The number of nitrogens with one attached hydrogen (secondary N) is 1. The van der Waals surface area contributed by atoms with Crippen LogP contribution in [0.3, 0.4) is 0 Å². The number of carbonyl (C=O) groups excluding carboxylic acids is 1. The molecular weight excluding hydrogens is 352 g/mol. The zero-order chi connectivity index (χ0) is 20.1. The number of aromatic nitrogens is 1. The second kappa shape index (κ2) is 8.57. The van der Waals surface area contributed by atoms with E-state index in [1.54, 1.807) is 13.2 Å². The number of rotatable bonds is 6. The van der Waals surface area contributed by atoms with Gasteiger partial charge in [-0.2, -0.15) is 0 Å². The zero-order valence-electron chi connectivity index (χ0n) is 16.5. The van der Waals surface area contributed by atoms with Crippen molar-refractivity contribution in [3.8, 4) is 17.2 Å². The van der Waals surface area contributed by atoms with E-state index in [4.69, 9.17) is 9.47 Å². The monoisotopic (exact) mass is 376 g/mol. The van der Waals surface area contributed by atoms with Gasteiger partial charge in [-0.1, -0.05) is 32.0 Å². The van der Waals surface area contributed by atoms with Gasteiger partial charge < -0.3 is 14.8 Å². The second-order valence-corrected chi connectivity index (χ2v) is 6.76. The highest BCUT2D eigenvalue weighted by molar-refractivity contribution is 6.05. The molecule has 0 bridgehead atoms. The van der Waals surface area contributed by atoms with Crippen molar-refractivity contribution in [3.63, 3.8) is 0 Å². The molecule has 1 aromatic heterocycles. The highest BCUT2D eigenvalue weighted by Crippen LogP contribution is 2.32. The van der Waals surface area contributed by atoms with Crippen LogP contribution >= 0.6 is 0 Å². The van der Waals surface area contributed by atoms with E-state index >= 15 is 0 Å². The van der Waals surface area contributed by atoms with Crippen LogP contribution in [0.25, 0.3) is 0 Å². The molecule has 0 saturated heterocycles. The van der Waals surface area contributed by atoms with Crippen molar-refractivity contribution in [2.45, 2.75) is 26.7 Å². The molecule has 1 N–H and O–H groups in total. The first-order valence-corrected chi connectivity index (χ1v) is 9.17. The van der Waals surface area contributed by atoms with Gasteiger partial charge in [0.25, 0.3) is 5.91 Å². The number of hydrogen-bond acceptors (Lipinski definition) is 4. The third-order valence-electron chi connectivity index (χ3n) is 4.33. The summed E-state index contributed by atoms with van der Waals surface area (Å²) in [4.78, 5) is 17.2. The molecule has 5 heteroatoms. The molecular formula is C23H24N2O3. The third kappa shape index (κ3) is 4.49. The first kappa shape index (κ1) is 19.4. The van der Waals surface area contributed by atoms with E-state index in [2.05, 4.69) is 24.1 Å². The standard InChI is InChI=1S/C23H24N2O3/c1-15(2)20-13-12-19(16(3)24-20)23(26)25-17-8-7-9-18(14-17)28-22-11-6-5-10-21(22)27-4/h5-15H,1-4H3,(H,25,26). The Labute approximate surface area is 165 Å². The number of amides is 1. The lowest BCUT2D eigenvalue weighted by molar-refractivity contribution is 0.102. The minimum atomic E-state index is -0.199. The van der Waals surface area contributed by atoms with E-state index in [-0.39, 0.29) is 5.91 Å². The highest BCUT2D eigenvalue weighted by Gasteiger charge is 2.13. The molecule has 0 unspecified atom stereocenters. The maximum Gasteiger partial charge on any atom is 0.257 e. The molecule has 0 radical (unpaired) electrons. The van der Waals surface area contributed by atoms with Crippen molar-refractivity contribution in [1.29, 1.82) is 0 Å². The lowest BCUT2D eigenvalue weighted by atomic mass is 10.1. The minimum absolute atomic E-state index is 0.199. The maximum atomic E-state index is 12.7. The molecule has 0 aliphatic carbocycles. The minimum Gasteiger partial charge on any atom is -0.493 e. The van der Waals surface area contributed by atoms with Gasteiger partial charge in [0.2, 0.25) is 0 Å². The summed E-state index contributed by atoms with van der Waals surface area (Å²) < 4.78 is 11.2. The maximum absolute atomic E-state index is 12.7.